The summed E-state index contributed by atoms with van der Waals surface area (Å²) in [5, 5.41) is 16.5. The van der Waals surface area contributed by atoms with E-state index in [2.05, 4.69) is 24.5 Å². The smallest absolute Gasteiger partial charge is 0.401 e. The topological polar surface area (TPSA) is 387 Å². The Kier molecular flexibility index (Phi) is 9.82. The summed E-state index contributed by atoms with van der Waals surface area (Å²) in [4.78, 5) is 95.7. The average molecular weight is 736 g/mol. The van der Waals surface area contributed by atoms with Crippen LogP contribution in [0.2, 0.25) is 0 Å². The second-order valence-electron chi connectivity index (χ2n) is 9.38. The molecule has 11 N–H and O–H groups in total. The van der Waals surface area contributed by atoms with E-state index >= 15 is 0 Å². The normalized spacial score (nSPS) is 22.6. The molecule has 4 heterocycles. The summed E-state index contributed by atoms with van der Waals surface area (Å²) in [6, 6.07) is 0. The Bertz CT molecular complexity index is 1830. The van der Waals surface area contributed by atoms with Crippen LogP contribution in [0.25, 0.3) is 11.2 Å². The van der Waals surface area contributed by atoms with E-state index in [9.17, 15) is 67.5 Å². The summed E-state index contributed by atoms with van der Waals surface area (Å²) < 4.78 is 69.6. The fourth-order valence-corrected chi connectivity index (χ4v) is 9.48. The fourth-order valence-electron chi connectivity index (χ4n) is 4.37. The van der Waals surface area contributed by atoms with Crippen molar-refractivity contribution in [1.29, 1.82) is 0 Å². The number of carbonyl (C=O) groups excluding carboxylic acids is 1. The van der Waals surface area contributed by atoms with Gasteiger partial charge in [0.05, 0.1) is 24.2 Å². The summed E-state index contributed by atoms with van der Waals surface area (Å²) in [5.74, 6) is -1.20. The van der Waals surface area contributed by atoms with Crippen molar-refractivity contribution in [3.05, 3.63) is 35.7 Å². The first-order chi connectivity index (χ1) is 21.0. The average Bonchev–Trinajstić information content (AvgIpc) is 3.47. The molecule has 1 saturated heterocycles. The van der Waals surface area contributed by atoms with Gasteiger partial charge in [-0.1, -0.05) is 0 Å². The molecule has 24 nitrogen and oxygen atoms in total. The Morgan fingerprint density at radius 2 is 1.63 bits per heavy atom. The lowest BCUT2D eigenvalue weighted by molar-refractivity contribution is -0.0501. The summed E-state index contributed by atoms with van der Waals surface area (Å²) >= 11 is 0. The first kappa shape index (κ1) is 36.2. The number of imidazole rings is 1. The minimum absolute atomic E-state index is 0.00860. The number of nitrogen functional groups attached to an aromatic ring is 1. The zero-order valence-corrected chi connectivity index (χ0v) is 26.2. The van der Waals surface area contributed by atoms with Gasteiger partial charge in [0.1, 0.15) is 30.2 Å². The minimum atomic E-state index is -6.54. The highest BCUT2D eigenvalue weighted by Crippen LogP contribution is 2.78. The molecule has 0 aromatic carbocycles. The highest BCUT2D eigenvalue weighted by molar-refractivity contribution is 7.72. The van der Waals surface area contributed by atoms with Crippen molar-refractivity contribution in [3.8, 4) is 5.75 Å². The molecule has 4 rings (SSSR count). The lowest BCUT2D eigenvalue weighted by atomic mass is 10.1. The molecular weight excluding hydrogens is 712 g/mol. The number of rotatable bonds is 12. The Morgan fingerprint density at radius 3 is 2.20 bits per heavy atom. The highest BCUT2D eigenvalue weighted by Gasteiger charge is 2.67. The summed E-state index contributed by atoms with van der Waals surface area (Å²) in [7, 11) is -24.8. The molecule has 46 heavy (non-hydrogen) atoms. The predicted molar refractivity (Wildman–Crippen MR) is 145 cm³/mol. The van der Waals surface area contributed by atoms with Crippen molar-refractivity contribution in [3.63, 3.8) is 0 Å². The number of nitrogens with zero attached hydrogens (tertiary/aromatic N) is 5. The van der Waals surface area contributed by atoms with Gasteiger partial charge in [0, 0.05) is 11.8 Å². The Hall–Kier alpha value is -2.59. The molecule has 1 aliphatic heterocycles. The van der Waals surface area contributed by atoms with Crippen molar-refractivity contribution in [2.45, 2.75) is 36.5 Å². The van der Waals surface area contributed by atoms with Gasteiger partial charge in [0.15, 0.2) is 29.7 Å². The van der Waals surface area contributed by atoms with Crippen molar-refractivity contribution >= 4 is 54.1 Å². The van der Waals surface area contributed by atoms with Crippen LogP contribution in [-0.2, 0) is 37.1 Å². The van der Waals surface area contributed by atoms with E-state index in [1.165, 1.54) is 4.57 Å². The minimum Gasteiger partial charge on any atom is -0.401 e. The Morgan fingerprint density at radius 1 is 1.00 bits per heavy atom. The molecule has 0 spiro atoms. The highest BCUT2D eigenvalue weighted by atomic mass is 31.2. The monoisotopic (exact) mass is 736 g/mol. The Labute approximate surface area is 255 Å². The zero-order chi connectivity index (χ0) is 34.6. The molecule has 5 atom stereocenters. The zero-order valence-electron chi connectivity index (χ0n) is 22.6. The molecular formula is C18H24N6O18P4. The number of carbonyl (C=O) groups is 1. The van der Waals surface area contributed by atoms with E-state index in [4.69, 9.17) is 19.5 Å². The SMILES string of the molecule is Cc1ncc(C(OP(=O)(O)O)(P(=O)(O)O)P(=O)(O)O)c(C=O)c1OP(=O)(O)OC[C@H]1O[C@@H](n2cnc3c(N)ncnc32)[C@H](O)[C@@H]1O. The molecule has 28 heteroatoms. The second kappa shape index (κ2) is 12.5. The number of hydrogen-bond donors (Lipinski definition) is 10. The predicted octanol–water partition coefficient (Wildman–Crippen LogP) is -1.69. The van der Waals surface area contributed by atoms with Crippen molar-refractivity contribution in [2.75, 3.05) is 12.3 Å². The van der Waals surface area contributed by atoms with Gasteiger partial charge in [-0.15, -0.1) is 0 Å². The summed E-state index contributed by atoms with van der Waals surface area (Å²) in [6.07, 6.45) is -4.31. The third-order valence-electron chi connectivity index (χ3n) is 6.36. The van der Waals surface area contributed by atoms with E-state index in [-0.39, 0.29) is 29.5 Å². The second-order valence-corrected chi connectivity index (χ2v) is 15.7. The van der Waals surface area contributed by atoms with Crippen LogP contribution in [-0.4, -0.2) is 100 Å². The Balaban J connectivity index is 1.65. The van der Waals surface area contributed by atoms with E-state index in [1.807, 2.05) is 0 Å². The van der Waals surface area contributed by atoms with Gasteiger partial charge in [-0.3, -0.25) is 32.9 Å². The maximum atomic E-state index is 12.9. The molecule has 0 saturated carbocycles. The molecule has 1 aliphatic rings. The molecule has 1 fully saturated rings. The fraction of sp³-hybridized carbons (Fsp3) is 0.389. The molecule has 0 amide bonds. The van der Waals surface area contributed by atoms with E-state index in [0.717, 1.165) is 19.6 Å². The lowest BCUT2D eigenvalue weighted by Crippen LogP contribution is -2.33. The number of aromatic nitrogens is 5. The third-order valence-corrected chi connectivity index (χ3v) is 11.9. The van der Waals surface area contributed by atoms with E-state index in [1.54, 1.807) is 0 Å². The molecule has 0 aliphatic carbocycles. The number of phosphoric acid groups is 2. The maximum Gasteiger partial charge on any atom is 0.527 e. The van der Waals surface area contributed by atoms with Crippen LogP contribution in [0.1, 0.15) is 27.8 Å². The number of aliphatic hydroxyl groups is 2. The van der Waals surface area contributed by atoms with Crippen LogP contribution in [0.15, 0.2) is 18.9 Å². The van der Waals surface area contributed by atoms with Crippen LogP contribution >= 0.6 is 30.8 Å². The molecule has 3 aromatic heterocycles. The van der Waals surface area contributed by atoms with Gasteiger partial charge in [0.2, 0.25) is 0 Å². The van der Waals surface area contributed by atoms with Crippen LogP contribution < -0.4 is 10.3 Å². The first-order valence-corrected chi connectivity index (χ1v) is 18.2. The van der Waals surface area contributed by atoms with E-state index < -0.39 is 89.6 Å². The standard InChI is InChI=1S/C18H24N6O18P4/c1-7-14(8(3-25)9(2-20-7)18(43(28,29)30,44(31,32)33)42-45(34,35)36)41-46(37,38)39-4-10-12(26)13(27)17(40-10)24-6-23-11-15(19)21-5-22-16(11)24/h2-3,5-6,10,12-13,17,26-27H,4H2,1H3,(H,37,38)(H2,19,21,22)(H2,28,29,30)(H2,31,32,33)(H2,34,35,36)/t10-,12-,13-,17-/m1/s1. The van der Waals surface area contributed by atoms with Gasteiger partial charge in [-0.25, -0.2) is 28.6 Å². The number of pyridine rings is 1. The number of hydrogen-bond acceptors (Lipinski definition) is 16. The van der Waals surface area contributed by atoms with Crippen molar-refractivity contribution in [2.24, 2.45) is 0 Å². The molecule has 0 bridgehead atoms. The summed E-state index contributed by atoms with van der Waals surface area (Å²) in [6.45, 7) is -0.0196. The number of nitrogens with two attached hydrogens (primary N) is 1. The molecule has 3 aromatic rings. The van der Waals surface area contributed by atoms with Gasteiger partial charge in [-0.05, 0) is 6.92 Å². The van der Waals surface area contributed by atoms with Crippen LogP contribution in [0.4, 0.5) is 5.82 Å². The summed E-state index contributed by atoms with van der Waals surface area (Å²) in [5.41, 5.74) is 2.44. The molecule has 254 valence electrons. The van der Waals surface area contributed by atoms with Crippen molar-refractivity contribution in [1.82, 2.24) is 24.5 Å². The maximum absolute atomic E-state index is 12.9. The number of aldehydes is 1. The van der Waals surface area contributed by atoms with Crippen LogP contribution in [0, 0.1) is 6.92 Å². The van der Waals surface area contributed by atoms with Crippen molar-refractivity contribution < 1.29 is 85.8 Å². The van der Waals surface area contributed by atoms with Gasteiger partial charge in [-0.2, -0.15) is 0 Å². The van der Waals surface area contributed by atoms with Gasteiger partial charge < -0.3 is 54.6 Å². The van der Waals surface area contributed by atoms with Crippen LogP contribution in [0.5, 0.6) is 5.75 Å². The number of phosphoric ester groups is 2. The first-order valence-electron chi connectivity index (χ1n) is 12.0. The van der Waals surface area contributed by atoms with Gasteiger partial charge in [0.25, 0.3) is 0 Å². The molecule has 0 radical (unpaired) electrons. The quantitative estimate of drug-likeness (QED) is 0.0732. The number of aryl methyl sites for hydroxylation is 1. The van der Waals surface area contributed by atoms with E-state index in [0.29, 0.717) is 0 Å². The number of ether oxygens (including phenoxy) is 1. The largest absolute Gasteiger partial charge is 0.527 e. The van der Waals surface area contributed by atoms with Crippen LogP contribution in [0.3, 0.4) is 0 Å². The number of aliphatic hydroxyl groups excluding tert-OH is 2. The lowest BCUT2D eigenvalue weighted by Gasteiger charge is -2.35. The molecule has 1 unspecified atom stereocenters. The third kappa shape index (κ3) is 6.71. The van der Waals surface area contributed by atoms with Gasteiger partial charge >= 0.3 is 35.9 Å². The number of anilines is 1. The number of fused-ring (bicyclic) bond motifs is 1.